The quantitative estimate of drug-likeness (QED) is 0.335. The Hall–Kier alpha value is 1.63. The van der Waals surface area contributed by atoms with E-state index in [0.717, 1.165) is 0 Å². The van der Waals surface area contributed by atoms with E-state index in [4.69, 9.17) is 0 Å². The average molecular weight is 150 g/mol. The van der Waals surface area contributed by atoms with E-state index >= 15 is 0 Å². The molecule has 0 aromatic carbocycles. The zero-order valence-corrected chi connectivity index (χ0v) is 5.87. The molecule has 0 bridgehead atoms. The van der Waals surface area contributed by atoms with Crippen molar-refractivity contribution in [1.29, 1.82) is 0 Å². The fourth-order valence-electron chi connectivity index (χ4n) is 0. The molecule has 0 unspecified atom stereocenters. The summed E-state index contributed by atoms with van der Waals surface area (Å²) in [6.07, 6.45) is 0. The average Bonchev–Trinajstić information content (AvgIpc) is 1.50. The van der Waals surface area contributed by atoms with E-state index < -0.39 is 0 Å². The Kier molecular flexibility index (Phi) is 52.5. The van der Waals surface area contributed by atoms with Crippen molar-refractivity contribution in [3.8, 4) is 0 Å². The maximum absolute atomic E-state index is 3.47. The van der Waals surface area contributed by atoms with Gasteiger partial charge in [-0.05, 0) is 0 Å². The van der Waals surface area contributed by atoms with E-state index in [9.17, 15) is 0 Å². The molecule has 0 aliphatic rings. The first-order valence-corrected chi connectivity index (χ1v) is 4.27. The van der Waals surface area contributed by atoms with Crippen LogP contribution in [-0.2, 0) is 16.2 Å². The Balaban J connectivity index is 0. The van der Waals surface area contributed by atoms with Gasteiger partial charge in [0.2, 0.25) is 0 Å². The predicted octanol–water partition coefficient (Wildman–Crippen LogP) is 1.14. The molecule has 0 fully saturated rings. The Bertz CT molecular complexity index is 3.25. The van der Waals surface area contributed by atoms with Gasteiger partial charge >= 0.3 is 27.0 Å². The second-order valence-electron chi connectivity index (χ2n) is 0. The van der Waals surface area contributed by atoms with Gasteiger partial charge in [0.25, 0.3) is 0 Å². The molecule has 0 aromatic rings. The van der Waals surface area contributed by atoms with Crippen LogP contribution in [0.25, 0.3) is 0 Å². The van der Waals surface area contributed by atoms with E-state index in [-0.39, 0.29) is 0 Å². The molecule has 0 saturated carbocycles. The van der Waals surface area contributed by atoms with Gasteiger partial charge in [-0.25, -0.2) is 0 Å². The summed E-state index contributed by atoms with van der Waals surface area (Å²) < 4.78 is 0. The van der Waals surface area contributed by atoms with Gasteiger partial charge in [0.05, 0.1) is 0 Å². The molecule has 4 heavy (non-hydrogen) atoms. The molecule has 0 rings (SSSR count). The second-order valence-corrected chi connectivity index (χ2v) is 0. The fourth-order valence-corrected chi connectivity index (χ4v) is 0. The van der Waals surface area contributed by atoms with Crippen molar-refractivity contribution in [2.75, 3.05) is 0 Å². The number of hydrogen-bond donors (Lipinski definition) is 3. The van der Waals surface area contributed by atoms with Crippen molar-refractivity contribution >= 4 is 34.1 Å². The van der Waals surface area contributed by atoms with Crippen LogP contribution >= 0.6 is 34.1 Å². The summed E-state index contributed by atoms with van der Waals surface area (Å²) in [4.78, 5) is 0. The summed E-state index contributed by atoms with van der Waals surface area (Å²) >= 11 is 8.45. The molecule has 0 aliphatic carbocycles. The molecule has 0 amide bonds. The van der Waals surface area contributed by atoms with Crippen LogP contribution in [0.2, 0.25) is 0 Å². The maximum atomic E-state index is 3.47. The van der Waals surface area contributed by atoms with Crippen LogP contribution in [0.4, 0.5) is 0 Å². The second kappa shape index (κ2) is 22.9. The molecule has 0 saturated heterocycles. The molecule has 0 atom stereocenters. The number of hydrogen-bond acceptors (Lipinski definition) is 3. The number of rotatable bonds is 0. The third kappa shape index (κ3) is 9.44. The third-order valence-electron chi connectivity index (χ3n) is 0. The summed E-state index contributed by atoms with van der Waals surface area (Å²) in [5.74, 6) is 0. The zero-order valence-electron chi connectivity index (χ0n) is 1.79. The summed E-state index contributed by atoms with van der Waals surface area (Å²) in [5, 5.41) is 0. The Morgan fingerprint density at radius 3 is 1.00 bits per heavy atom. The first kappa shape index (κ1) is 9.16. The molecule has 0 aromatic heterocycles. The number of thiol groups is 3. The van der Waals surface area contributed by atoms with Gasteiger partial charge in [-0.15, -0.1) is 23.3 Å². The minimum atomic E-state index is 2.01. The molecule has 0 aliphatic heterocycles. The molecule has 0 nitrogen and oxygen atoms in total. The van der Waals surface area contributed by atoms with Crippen LogP contribution in [0.5, 0.6) is 0 Å². The molecule has 0 radical (unpaired) electrons. The summed E-state index contributed by atoms with van der Waals surface area (Å²) in [7, 11) is 3.47. The van der Waals surface area contributed by atoms with E-state index in [0.29, 0.717) is 0 Å². The van der Waals surface area contributed by atoms with Gasteiger partial charge < -0.3 is 0 Å². The van der Waals surface area contributed by atoms with Gasteiger partial charge in [-0.3, -0.25) is 0 Å². The van der Waals surface area contributed by atoms with Gasteiger partial charge in [-0.1, -0.05) is 0 Å². The fraction of sp³-hybridized carbons (Fsp3) is 0. The van der Waals surface area contributed by atoms with Crippen molar-refractivity contribution < 1.29 is 16.2 Å². The van der Waals surface area contributed by atoms with Crippen molar-refractivity contribution in [3.63, 3.8) is 0 Å². The molecule has 0 heterocycles. The standard InChI is InChI=1S/H2S2.H2S.V/c1-2;;/h1-2H;1H2;/q;;+1/p-1. The Morgan fingerprint density at radius 1 is 1.00 bits per heavy atom. The van der Waals surface area contributed by atoms with Crippen LogP contribution in [0.3, 0.4) is 0 Å². The van der Waals surface area contributed by atoms with Crippen molar-refractivity contribution in [1.82, 2.24) is 0 Å². The van der Waals surface area contributed by atoms with Crippen molar-refractivity contribution in [2.24, 2.45) is 0 Å². The topological polar surface area (TPSA) is 0 Å². The van der Waals surface area contributed by atoms with Crippen LogP contribution < -0.4 is 0 Å². The predicted molar refractivity (Wildman–Crippen MR) is 27.0 cm³/mol. The van der Waals surface area contributed by atoms with Gasteiger partial charge in [-0.2, -0.15) is 0 Å². The molecule has 0 N–H and O–H groups in total. The summed E-state index contributed by atoms with van der Waals surface area (Å²) in [5.41, 5.74) is 0. The van der Waals surface area contributed by atoms with Crippen molar-refractivity contribution in [2.45, 2.75) is 0 Å². The van der Waals surface area contributed by atoms with Gasteiger partial charge in [0.15, 0.2) is 0 Å². The van der Waals surface area contributed by atoms with Gasteiger partial charge in [0.1, 0.15) is 0 Å². The van der Waals surface area contributed by atoms with Crippen LogP contribution in [-0.4, -0.2) is 0 Å². The molecular formula is H3S3V. The normalized spacial score (nSPS) is 2.75. The first-order valence-electron chi connectivity index (χ1n) is 0.400. The van der Waals surface area contributed by atoms with E-state index in [1.807, 2.05) is 16.2 Å². The molecule has 4 heteroatoms. The summed E-state index contributed by atoms with van der Waals surface area (Å²) in [6.45, 7) is 0. The van der Waals surface area contributed by atoms with Crippen molar-refractivity contribution in [3.05, 3.63) is 0 Å². The third-order valence-corrected chi connectivity index (χ3v) is 0. The van der Waals surface area contributed by atoms with Crippen LogP contribution in [0.1, 0.15) is 0 Å². The van der Waals surface area contributed by atoms with Crippen LogP contribution in [0.15, 0.2) is 0 Å². The zero-order chi connectivity index (χ0) is 4.00. The SMILES string of the molecule is SS.[SH][V]. The molecule has 26 valence electrons. The molecular weight excluding hydrogens is 147 g/mol. The molecule has 0 spiro atoms. The van der Waals surface area contributed by atoms with E-state index in [2.05, 4.69) is 34.1 Å². The van der Waals surface area contributed by atoms with E-state index in [1.54, 1.807) is 0 Å². The monoisotopic (exact) mass is 150 g/mol. The van der Waals surface area contributed by atoms with E-state index in [1.165, 1.54) is 0 Å². The first-order chi connectivity index (χ1) is 2.00. The Labute approximate surface area is 50.3 Å². The van der Waals surface area contributed by atoms with Crippen LogP contribution in [0, 0.1) is 0 Å². The summed E-state index contributed by atoms with van der Waals surface area (Å²) in [6, 6.07) is 0. The van der Waals surface area contributed by atoms with Gasteiger partial charge in [0, 0.05) is 0 Å². The minimum absolute atomic E-state index is 2.01. The Morgan fingerprint density at radius 2 is 1.00 bits per heavy atom.